The van der Waals surface area contributed by atoms with Crippen molar-refractivity contribution in [3.63, 3.8) is 0 Å². The van der Waals surface area contributed by atoms with Gasteiger partial charge in [-0.2, -0.15) is 0 Å². The average molecular weight is 421 g/mol. The van der Waals surface area contributed by atoms with Crippen molar-refractivity contribution in [2.75, 3.05) is 0 Å². The van der Waals surface area contributed by atoms with Gasteiger partial charge in [0.25, 0.3) is 0 Å². The molecule has 0 saturated heterocycles. The SMILES string of the molecule is c1ccc2c(c1)[C@H]1C[C@@H]2c2c1c1c(c3c2[C@@H]2C[C@H]3c3ccccc32)[C@@H]2C[C@H]1c1ccccc12. The van der Waals surface area contributed by atoms with E-state index >= 15 is 0 Å². The second-order valence-corrected chi connectivity index (χ2v) is 11.4. The van der Waals surface area contributed by atoms with E-state index in [9.17, 15) is 0 Å². The molecule has 4 aromatic rings. The van der Waals surface area contributed by atoms with Gasteiger partial charge in [0, 0.05) is 35.5 Å². The molecule has 0 aromatic heterocycles. The highest BCUT2D eigenvalue weighted by atomic mass is 14.6. The summed E-state index contributed by atoms with van der Waals surface area (Å²) in [4.78, 5) is 0. The molecule has 0 spiro atoms. The van der Waals surface area contributed by atoms with Gasteiger partial charge in [-0.3, -0.25) is 0 Å². The molecule has 0 radical (unpaired) electrons. The highest BCUT2D eigenvalue weighted by molar-refractivity contribution is 5.77. The predicted octanol–water partition coefficient (Wildman–Crippen LogP) is 7.63. The van der Waals surface area contributed by atoms with Crippen LogP contribution in [0.5, 0.6) is 0 Å². The first-order valence-electron chi connectivity index (χ1n) is 12.9. The Hall–Kier alpha value is -3.12. The number of benzene rings is 4. The molecular formula is C33H24. The van der Waals surface area contributed by atoms with Gasteiger partial charge in [-0.1, -0.05) is 72.8 Å². The zero-order chi connectivity index (χ0) is 21.0. The molecule has 0 N–H and O–H groups in total. The van der Waals surface area contributed by atoms with Crippen molar-refractivity contribution in [2.45, 2.75) is 54.8 Å². The Balaban J connectivity index is 1.34. The van der Waals surface area contributed by atoms with Crippen molar-refractivity contribution < 1.29 is 0 Å². The minimum atomic E-state index is 0.626. The number of fused-ring (bicyclic) bond motifs is 27. The van der Waals surface area contributed by atoms with E-state index in [1.54, 1.807) is 66.8 Å². The van der Waals surface area contributed by atoms with Crippen LogP contribution in [0.2, 0.25) is 0 Å². The van der Waals surface area contributed by atoms with Gasteiger partial charge in [0.15, 0.2) is 0 Å². The summed E-state index contributed by atoms with van der Waals surface area (Å²) >= 11 is 0. The molecule has 0 fully saturated rings. The van der Waals surface area contributed by atoms with E-state index in [0.29, 0.717) is 35.5 Å². The molecule has 0 saturated carbocycles. The van der Waals surface area contributed by atoms with E-state index in [1.807, 2.05) is 0 Å². The summed E-state index contributed by atoms with van der Waals surface area (Å²) in [6.45, 7) is 0. The van der Waals surface area contributed by atoms with Crippen LogP contribution < -0.4 is 0 Å². The van der Waals surface area contributed by atoms with Crippen molar-refractivity contribution in [1.29, 1.82) is 0 Å². The van der Waals surface area contributed by atoms with E-state index in [0.717, 1.165) is 0 Å². The largest absolute Gasteiger partial charge is 0.0620 e. The summed E-state index contributed by atoms with van der Waals surface area (Å²) in [6.07, 6.45) is 3.95. The van der Waals surface area contributed by atoms with Crippen LogP contribution in [0.3, 0.4) is 0 Å². The van der Waals surface area contributed by atoms with Gasteiger partial charge in [0.1, 0.15) is 0 Å². The van der Waals surface area contributed by atoms with Gasteiger partial charge in [-0.05, 0) is 86.0 Å². The maximum Gasteiger partial charge on any atom is 0.0107 e. The molecule has 0 heteroatoms. The van der Waals surface area contributed by atoms with Crippen molar-refractivity contribution in [1.82, 2.24) is 0 Å². The fraction of sp³-hybridized carbons (Fsp3) is 0.273. The van der Waals surface area contributed by atoms with Crippen LogP contribution in [0.1, 0.15) is 122 Å². The maximum atomic E-state index is 2.44. The lowest BCUT2D eigenvalue weighted by molar-refractivity contribution is 0.769. The number of rotatable bonds is 0. The smallest absolute Gasteiger partial charge is 0.0107 e. The van der Waals surface area contributed by atoms with Crippen LogP contribution in [-0.2, 0) is 0 Å². The summed E-state index contributed by atoms with van der Waals surface area (Å²) in [5.74, 6) is 3.76. The quantitative estimate of drug-likeness (QED) is 0.274. The molecule has 6 aliphatic carbocycles. The molecule has 0 aliphatic heterocycles. The second-order valence-electron chi connectivity index (χ2n) is 11.4. The second kappa shape index (κ2) is 5.17. The zero-order valence-corrected chi connectivity index (χ0v) is 18.5. The first-order valence-corrected chi connectivity index (χ1v) is 12.9. The van der Waals surface area contributed by atoms with Crippen LogP contribution in [0.25, 0.3) is 0 Å². The average Bonchev–Trinajstić information content (AvgIpc) is 3.70. The summed E-state index contributed by atoms with van der Waals surface area (Å²) in [5.41, 5.74) is 20.6. The molecular weight excluding hydrogens is 396 g/mol. The van der Waals surface area contributed by atoms with Gasteiger partial charge in [-0.15, -0.1) is 0 Å². The van der Waals surface area contributed by atoms with Crippen LogP contribution in [-0.4, -0.2) is 0 Å². The van der Waals surface area contributed by atoms with E-state index < -0.39 is 0 Å². The molecule has 0 amide bonds. The minimum absolute atomic E-state index is 0.626. The number of hydrogen-bond donors (Lipinski definition) is 0. The molecule has 6 bridgehead atoms. The van der Waals surface area contributed by atoms with Gasteiger partial charge in [0.2, 0.25) is 0 Å². The van der Waals surface area contributed by atoms with Crippen LogP contribution in [0.4, 0.5) is 0 Å². The van der Waals surface area contributed by atoms with Crippen molar-refractivity contribution in [2.24, 2.45) is 0 Å². The lowest BCUT2D eigenvalue weighted by atomic mass is 9.69. The Morgan fingerprint density at radius 3 is 0.667 bits per heavy atom. The minimum Gasteiger partial charge on any atom is -0.0620 e. The summed E-state index contributed by atoms with van der Waals surface area (Å²) in [7, 11) is 0. The third-order valence-corrected chi connectivity index (χ3v) is 10.5. The van der Waals surface area contributed by atoms with Crippen LogP contribution in [0.15, 0.2) is 72.8 Å². The highest BCUT2D eigenvalue weighted by Gasteiger charge is 2.56. The molecule has 0 nitrogen and oxygen atoms in total. The van der Waals surface area contributed by atoms with E-state index in [4.69, 9.17) is 0 Å². The molecule has 0 heterocycles. The zero-order valence-electron chi connectivity index (χ0n) is 18.5. The maximum absolute atomic E-state index is 2.44. The Morgan fingerprint density at radius 1 is 0.303 bits per heavy atom. The van der Waals surface area contributed by atoms with Gasteiger partial charge in [0.05, 0.1) is 0 Å². The van der Waals surface area contributed by atoms with Crippen LogP contribution >= 0.6 is 0 Å². The molecule has 0 unspecified atom stereocenters. The first-order chi connectivity index (χ1) is 16.4. The Morgan fingerprint density at radius 2 is 0.485 bits per heavy atom. The van der Waals surface area contributed by atoms with Crippen LogP contribution in [0, 0.1) is 0 Å². The third-order valence-electron chi connectivity index (χ3n) is 10.5. The van der Waals surface area contributed by atoms with Crippen molar-refractivity contribution in [3.8, 4) is 0 Å². The molecule has 10 rings (SSSR count). The Bertz CT molecular complexity index is 1260. The van der Waals surface area contributed by atoms with E-state index in [1.165, 1.54) is 19.3 Å². The molecule has 4 aromatic carbocycles. The standard InChI is InChI=1S/C33H24/c1-2-8-17-16(7-1)22-13-23(17)29-28(22)30-24-14-26(19-10-4-3-9-18(19)24)32(30)33-27-15-25(31(29)33)20-11-5-6-12-21(20)27/h1-12,22-27H,13-15H2/t22-,23+,24+,25-,26-,27+. The summed E-state index contributed by atoms with van der Waals surface area (Å²) < 4.78 is 0. The van der Waals surface area contributed by atoms with Gasteiger partial charge in [-0.25, -0.2) is 0 Å². The normalized spacial score (nSPS) is 31.3. The summed E-state index contributed by atoms with van der Waals surface area (Å²) in [5, 5.41) is 0. The molecule has 33 heavy (non-hydrogen) atoms. The van der Waals surface area contributed by atoms with Gasteiger partial charge >= 0.3 is 0 Å². The van der Waals surface area contributed by atoms with E-state index in [2.05, 4.69) is 72.8 Å². The number of hydrogen-bond acceptors (Lipinski definition) is 0. The lowest BCUT2D eigenvalue weighted by Crippen LogP contribution is -2.19. The van der Waals surface area contributed by atoms with Crippen molar-refractivity contribution in [3.05, 3.63) is 140 Å². The molecule has 6 atom stereocenters. The fourth-order valence-electron chi connectivity index (χ4n) is 9.67. The topological polar surface area (TPSA) is 0 Å². The Labute approximate surface area is 194 Å². The Kier molecular flexibility index (Phi) is 2.58. The van der Waals surface area contributed by atoms with Gasteiger partial charge < -0.3 is 0 Å². The highest BCUT2D eigenvalue weighted by Crippen LogP contribution is 2.71. The lowest BCUT2D eigenvalue weighted by Gasteiger charge is -2.34. The monoisotopic (exact) mass is 420 g/mol. The summed E-state index contributed by atoms with van der Waals surface area (Å²) in [6, 6.07) is 28.2. The molecule has 6 aliphatic rings. The van der Waals surface area contributed by atoms with Crippen molar-refractivity contribution >= 4 is 0 Å². The third kappa shape index (κ3) is 1.61. The first kappa shape index (κ1) is 16.5. The fourth-order valence-corrected chi connectivity index (χ4v) is 9.67. The molecule has 156 valence electrons. The van der Waals surface area contributed by atoms with E-state index in [-0.39, 0.29) is 0 Å². The predicted molar refractivity (Wildman–Crippen MR) is 131 cm³/mol.